The average Bonchev–Trinajstić information content (AvgIpc) is 2.59. The third-order valence-corrected chi connectivity index (χ3v) is 5.04. The third-order valence-electron chi connectivity index (χ3n) is 3.39. The fourth-order valence-corrected chi connectivity index (χ4v) is 4.12. The van der Waals surface area contributed by atoms with Gasteiger partial charge in [0, 0.05) is 16.9 Å². The zero-order chi connectivity index (χ0) is 11.0. The predicted octanol–water partition coefficient (Wildman–Crippen LogP) is 2.37. The number of ketones is 2. The molecule has 0 radical (unpaired) electrons. The summed E-state index contributed by atoms with van der Waals surface area (Å²) in [6.45, 7) is 3.66. The summed E-state index contributed by atoms with van der Waals surface area (Å²) in [5, 5.41) is 0.760. The molecule has 0 amide bonds. The van der Waals surface area contributed by atoms with Crippen molar-refractivity contribution in [2.75, 3.05) is 0 Å². The first kappa shape index (κ1) is 10.9. The Kier molecular flexibility index (Phi) is 3.01. The molecule has 0 aromatic rings. The van der Waals surface area contributed by atoms with Crippen LogP contribution in [0.1, 0.15) is 33.1 Å². The lowest BCUT2D eigenvalue weighted by Gasteiger charge is -2.26. The van der Waals surface area contributed by atoms with Crippen LogP contribution < -0.4 is 0 Å². The second-order valence-electron chi connectivity index (χ2n) is 4.36. The minimum Gasteiger partial charge on any atom is -0.299 e. The van der Waals surface area contributed by atoms with Crippen molar-refractivity contribution in [3.63, 3.8) is 0 Å². The highest BCUT2D eigenvalue weighted by Gasteiger charge is 2.45. The topological polar surface area (TPSA) is 34.1 Å². The minimum absolute atomic E-state index is 0.0559. The first-order chi connectivity index (χ1) is 7.13. The summed E-state index contributed by atoms with van der Waals surface area (Å²) in [4.78, 5) is 23.9. The first-order valence-corrected chi connectivity index (χ1v) is 6.43. The van der Waals surface area contributed by atoms with E-state index in [1.54, 1.807) is 13.0 Å². The van der Waals surface area contributed by atoms with Crippen molar-refractivity contribution in [2.24, 2.45) is 5.92 Å². The smallest absolute Gasteiger partial charge is 0.169 e. The van der Waals surface area contributed by atoms with Gasteiger partial charge in [0.15, 0.2) is 5.78 Å². The maximum Gasteiger partial charge on any atom is 0.169 e. The Morgan fingerprint density at radius 2 is 2.20 bits per heavy atom. The molecule has 2 heterocycles. The molecule has 2 aliphatic rings. The quantitative estimate of drug-likeness (QED) is 0.533. The summed E-state index contributed by atoms with van der Waals surface area (Å²) in [6.07, 6.45) is 4.56. The molecule has 15 heavy (non-hydrogen) atoms. The largest absolute Gasteiger partial charge is 0.299 e. The van der Waals surface area contributed by atoms with Gasteiger partial charge in [-0.3, -0.25) is 9.59 Å². The second kappa shape index (κ2) is 4.12. The molecule has 0 spiro atoms. The lowest BCUT2D eigenvalue weighted by Crippen LogP contribution is -2.36. The van der Waals surface area contributed by atoms with Gasteiger partial charge < -0.3 is 0 Å². The van der Waals surface area contributed by atoms with E-state index in [4.69, 9.17) is 0 Å². The molecule has 2 fully saturated rings. The monoisotopic (exact) mass is 224 g/mol. The average molecular weight is 224 g/mol. The number of allylic oxidation sites excluding steroid dienone is 2. The van der Waals surface area contributed by atoms with E-state index >= 15 is 0 Å². The number of hydrogen-bond donors (Lipinski definition) is 0. The molecule has 0 aliphatic carbocycles. The number of hydrogen-bond acceptors (Lipinski definition) is 3. The van der Waals surface area contributed by atoms with Gasteiger partial charge >= 0.3 is 0 Å². The van der Waals surface area contributed by atoms with Crippen LogP contribution in [0.5, 0.6) is 0 Å². The van der Waals surface area contributed by atoms with Gasteiger partial charge in [0.25, 0.3) is 0 Å². The Morgan fingerprint density at radius 3 is 2.87 bits per heavy atom. The molecule has 0 aromatic carbocycles. The van der Waals surface area contributed by atoms with E-state index in [0.717, 1.165) is 18.4 Å². The van der Waals surface area contributed by atoms with Crippen LogP contribution in [-0.4, -0.2) is 22.1 Å². The normalized spacial score (nSPS) is 35.7. The number of carbonyl (C=O) groups excluding carboxylic acids is 2. The highest BCUT2D eigenvalue weighted by atomic mass is 32.2. The number of carbonyl (C=O) groups is 2. The summed E-state index contributed by atoms with van der Waals surface area (Å²) in [6, 6.07) is 0. The molecule has 2 saturated heterocycles. The van der Waals surface area contributed by atoms with Gasteiger partial charge in [-0.25, -0.2) is 0 Å². The van der Waals surface area contributed by atoms with Crippen LogP contribution in [0.4, 0.5) is 0 Å². The van der Waals surface area contributed by atoms with Crippen LogP contribution in [0.3, 0.4) is 0 Å². The summed E-state index contributed by atoms with van der Waals surface area (Å²) in [5.41, 5.74) is 0.735. The van der Waals surface area contributed by atoms with Crippen molar-refractivity contribution >= 4 is 23.3 Å². The van der Waals surface area contributed by atoms with Crippen LogP contribution in [0.25, 0.3) is 0 Å². The second-order valence-corrected chi connectivity index (χ2v) is 5.90. The van der Waals surface area contributed by atoms with Gasteiger partial charge in [-0.2, -0.15) is 11.8 Å². The van der Waals surface area contributed by atoms with Crippen molar-refractivity contribution in [1.29, 1.82) is 0 Å². The summed E-state index contributed by atoms with van der Waals surface area (Å²) >= 11 is 1.85. The van der Waals surface area contributed by atoms with E-state index in [0.29, 0.717) is 11.7 Å². The third kappa shape index (κ3) is 1.89. The van der Waals surface area contributed by atoms with Crippen molar-refractivity contribution < 1.29 is 9.59 Å². The lowest BCUT2D eigenvalue weighted by atomic mass is 9.89. The Bertz CT molecular complexity index is 333. The highest BCUT2D eigenvalue weighted by molar-refractivity contribution is 8.01. The zero-order valence-electron chi connectivity index (χ0n) is 9.16. The molecule has 0 unspecified atom stereocenters. The zero-order valence-corrected chi connectivity index (χ0v) is 9.97. The van der Waals surface area contributed by atoms with Gasteiger partial charge in [0.2, 0.25) is 0 Å². The first-order valence-electron chi connectivity index (χ1n) is 5.48. The Morgan fingerprint density at radius 1 is 1.47 bits per heavy atom. The predicted molar refractivity (Wildman–Crippen MR) is 62.0 cm³/mol. The van der Waals surface area contributed by atoms with Crippen molar-refractivity contribution in [3.05, 3.63) is 11.6 Å². The molecule has 3 heteroatoms. The Hall–Kier alpha value is -0.570. The molecular weight excluding hydrogens is 208 g/mol. The lowest BCUT2D eigenvalue weighted by molar-refractivity contribution is -0.130. The standard InChI is InChI=1S/C12H16O2S/c1-3-7(2)12(14)11-9(13)6-8-4-5-10(11)15-8/h3,8,10-11H,4-6H2,1-2H3/b7-3+/t8-,10+,11-/m1/s1. The van der Waals surface area contributed by atoms with E-state index in [-0.39, 0.29) is 22.7 Å². The number of Topliss-reactive ketones (excluding diaryl/α,β-unsaturated/α-hetero) is 2. The van der Waals surface area contributed by atoms with Gasteiger partial charge in [-0.15, -0.1) is 0 Å². The maximum atomic E-state index is 12.0. The maximum absolute atomic E-state index is 12.0. The van der Waals surface area contributed by atoms with E-state index in [1.807, 2.05) is 18.7 Å². The van der Waals surface area contributed by atoms with Crippen LogP contribution in [0, 0.1) is 5.92 Å². The van der Waals surface area contributed by atoms with E-state index < -0.39 is 0 Å². The molecule has 82 valence electrons. The molecule has 2 aliphatic heterocycles. The van der Waals surface area contributed by atoms with E-state index in [9.17, 15) is 9.59 Å². The Labute approximate surface area is 94.5 Å². The summed E-state index contributed by atoms with van der Waals surface area (Å²) in [7, 11) is 0. The molecular formula is C12H16O2S. The van der Waals surface area contributed by atoms with Crippen molar-refractivity contribution in [3.8, 4) is 0 Å². The molecule has 3 atom stereocenters. The molecule has 2 rings (SSSR count). The van der Waals surface area contributed by atoms with Crippen molar-refractivity contribution in [2.45, 2.75) is 43.6 Å². The van der Waals surface area contributed by atoms with Crippen LogP contribution in [0.2, 0.25) is 0 Å². The molecule has 0 saturated carbocycles. The number of thioether (sulfide) groups is 1. The highest BCUT2D eigenvalue weighted by Crippen LogP contribution is 2.45. The summed E-state index contributed by atoms with van der Waals surface area (Å²) in [5.74, 6) is -0.113. The van der Waals surface area contributed by atoms with Crippen LogP contribution >= 0.6 is 11.8 Å². The van der Waals surface area contributed by atoms with Gasteiger partial charge in [-0.05, 0) is 32.3 Å². The van der Waals surface area contributed by atoms with Crippen LogP contribution in [0.15, 0.2) is 11.6 Å². The fraction of sp³-hybridized carbons (Fsp3) is 0.667. The molecule has 0 aromatic heterocycles. The summed E-state index contributed by atoms with van der Waals surface area (Å²) < 4.78 is 0. The van der Waals surface area contributed by atoms with Crippen LogP contribution in [-0.2, 0) is 9.59 Å². The molecule has 0 N–H and O–H groups in total. The Balaban J connectivity index is 2.20. The SMILES string of the molecule is C/C=C(\C)C(=O)[C@@H]1C(=O)C[C@H]2CC[C@@H]1S2. The van der Waals surface area contributed by atoms with Gasteiger partial charge in [0.05, 0.1) is 5.92 Å². The number of fused-ring (bicyclic) bond motifs is 2. The minimum atomic E-state index is -0.343. The molecule has 2 bridgehead atoms. The molecule has 2 nitrogen and oxygen atoms in total. The van der Waals surface area contributed by atoms with Crippen molar-refractivity contribution in [1.82, 2.24) is 0 Å². The van der Waals surface area contributed by atoms with Gasteiger partial charge in [-0.1, -0.05) is 6.08 Å². The van der Waals surface area contributed by atoms with E-state index in [2.05, 4.69) is 0 Å². The van der Waals surface area contributed by atoms with E-state index in [1.165, 1.54) is 0 Å². The number of rotatable bonds is 2. The fourth-order valence-electron chi connectivity index (χ4n) is 2.39. The van der Waals surface area contributed by atoms with Gasteiger partial charge in [0.1, 0.15) is 5.78 Å².